The summed E-state index contributed by atoms with van der Waals surface area (Å²) in [5.74, 6) is 4.88. The van der Waals surface area contributed by atoms with Crippen LogP contribution in [0.5, 0.6) is 0 Å². The van der Waals surface area contributed by atoms with Crippen LogP contribution in [0.3, 0.4) is 0 Å². The van der Waals surface area contributed by atoms with Gasteiger partial charge in [0.15, 0.2) is 17.5 Å². The van der Waals surface area contributed by atoms with Gasteiger partial charge in [-0.1, -0.05) is 146 Å². The standard InChI is InChI=1S/C59H55N7/c1-36(2)41-30-42(37(3)4)33-45(32-41)58-60-49-24-14-18-28-53(49)65(58)51-26-16-12-22-47(51)56-62-55(40-20-10-9-11-21-40)63-57(64-56)48-23-13-17-27-52(48)66-54-29-19-15-25-50(54)61-59(66)46-34-43(38(5)6)31-44(35-46)39(7)8/h9-39H,1-8H3. The molecule has 0 radical (unpaired) electrons. The van der Waals surface area contributed by atoms with Crippen molar-refractivity contribution in [3.8, 4) is 68.3 Å². The monoisotopic (exact) mass is 861 g/mol. The van der Waals surface area contributed by atoms with E-state index in [0.29, 0.717) is 41.1 Å². The summed E-state index contributed by atoms with van der Waals surface area (Å²) in [6.07, 6.45) is 0. The van der Waals surface area contributed by atoms with Gasteiger partial charge >= 0.3 is 0 Å². The molecular weight excluding hydrogens is 807 g/mol. The zero-order valence-electron chi connectivity index (χ0n) is 39.0. The van der Waals surface area contributed by atoms with Crippen LogP contribution in [0.1, 0.15) is 101 Å². The van der Waals surface area contributed by atoms with Gasteiger partial charge in [-0.15, -0.1) is 0 Å². The number of para-hydroxylation sites is 6. The Morgan fingerprint density at radius 1 is 0.318 bits per heavy atom. The maximum atomic E-state index is 5.46. The molecule has 0 saturated carbocycles. The second-order valence-electron chi connectivity index (χ2n) is 18.6. The van der Waals surface area contributed by atoms with Gasteiger partial charge in [0.25, 0.3) is 0 Å². The SMILES string of the molecule is CC(C)c1cc(-c2nc3ccccc3n2-c2ccccc2-c2nc(-c3ccccc3)nc(-c3ccccc3-n3c(-c4cc(C(C)C)cc(C(C)C)c4)nc4ccccc43)n2)cc(C(C)C)c1. The Morgan fingerprint density at radius 2 is 0.667 bits per heavy atom. The first kappa shape index (κ1) is 42.4. The summed E-state index contributed by atoms with van der Waals surface area (Å²) < 4.78 is 4.57. The minimum Gasteiger partial charge on any atom is -0.292 e. The van der Waals surface area contributed by atoms with Crippen LogP contribution < -0.4 is 0 Å². The molecule has 66 heavy (non-hydrogen) atoms. The molecule has 0 aliphatic rings. The van der Waals surface area contributed by atoms with Crippen LogP contribution in [-0.4, -0.2) is 34.1 Å². The van der Waals surface area contributed by atoms with Crippen molar-refractivity contribution in [1.29, 1.82) is 0 Å². The van der Waals surface area contributed by atoms with Crippen LogP contribution >= 0.6 is 0 Å². The number of benzene rings is 7. The first-order valence-corrected chi connectivity index (χ1v) is 23.3. The van der Waals surface area contributed by atoms with E-state index in [1.54, 1.807) is 0 Å². The molecule has 0 unspecified atom stereocenters. The van der Waals surface area contributed by atoms with E-state index in [1.807, 2.05) is 18.2 Å². The van der Waals surface area contributed by atoms with Crippen LogP contribution in [0.15, 0.2) is 164 Å². The largest absolute Gasteiger partial charge is 0.292 e. The van der Waals surface area contributed by atoms with E-state index in [9.17, 15) is 0 Å². The molecule has 7 heteroatoms. The summed E-state index contributed by atoms with van der Waals surface area (Å²) in [7, 11) is 0. The predicted octanol–water partition coefficient (Wildman–Crippen LogP) is 15.4. The lowest BCUT2D eigenvalue weighted by atomic mass is 9.93. The summed E-state index contributed by atoms with van der Waals surface area (Å²) in [6.45, 7) is 18.0. The van der Waals surface area contributed by atoms with Gasteiger partial charge in [-0.25, -0.2) is 24.9 Å². The molecule has 10 rings (SSSR count). The van der Waals surface area contributed by atoms with E-state index in [-0.39, 0.29) is 0 Å². The zero-order valence-corrected chi connectivity index (χ0v) is 39.0. The van der Waals surface area contributed by atoms with Crippen molar-refractivity contribution in [2.45, 2.75) is 79.1 Å². The zero-order chi connectivity index (χ0) is 45.6. The lowest BCUT2D eigenvalue weighted by Gasteiger charge is -2.18. The third-order valence-electron chi connectivity index (χ3n) is 12.7. The molecule has 0 bridgehead atoms. The molecule has 0 atom stereocenters. The number of imidazole rings is 2. The number of nitrogens with zero attached hydrogens (tertiary/aromatic N) is 7. The molecule has 0 fully saturated rings. The summed E-state index contributed by atoms with van der Waals surface area (Å²) in [5.41, 5.74) is 15.7. The van der Waals surface area contributed by atoms with E-state index in [0.717, 1.165) is 72.9 Å². The fourth-order valence-electron chi connectivity index (χ4n) is 8.92. The third-order valence-corrected chi connectivity index (χ3v) is 12.7. The van der Waals surface area contributed by atoms with Crippen molar-refractivity contribution in [2.75, 3.05) is 0 Å². The van der Waals surface area contributed by atoms with E-state index in [2.05, 4.69) is 210 Å². The maximum absolute atomic E-state index is 5.46. The van der Waals surface area contributed by atoms with Gasteiger partial charge in [-0.05, 0) is 119 Å². The van der Waals surface area contributed by atoms with Crippen LogP contribution in [0.25, 0.3) is 90.4 Å². The van der Waals surface area contributed by atoms with Gasteiger partial charge in [0.1, 0.15) is 11.6 Å². The minimum absolute atomic E-state index is 0.356. The molecule has 0 saturated heterocycles. The molecule has 7 aromatic carbocycles. The molecule has 10 aromatic rings. The number of fused-ring (bicyclic) bond motifs is 2. The highest BCUT2D eigenvalue weighted by molar-refractivity contribution is 5.88. The van der Waals surface area contributed by atoms with Gasteiger partial charge in [0, 0.05) is 27.8 Å². The van der Waals surface area contributed by atoms with E-state index in [4.69, 9.17) is 24.9 Å². The predicted molar refractivity (Wildman–Crippen MR) is 273 cm³/mol. The van der Waals surface area contributed by atoms with Crippen LogP contribution in [0.4, 0.5) is 0 Å². The normalized spacial score (nSPS) is 11.9. The highest BCUT2D eigenvalue weighted by Crippen LogP contribution is 2.39. The Bertz CT molecular complexity index is 3130. The summed E-state index contributed by atoms with van der Waals surface area (Å²) in [4.78, 5) is 26.8. The van der Waals surface area contributed by atoms with Gasteiger partial charge in [-0.2, -0.15) is 0 Å². The molecule has 326 valence electrons. The van der Waals surface area contributed by atoms with Crippen molar-refractivity contribution in [3.05, 3.63) is 186 Å². The van der Waals surface area contributed by atoms with E-state index >= 15 is 0 Å². The molecule has 7 nitrogen and oxygen atoms in total. The van der Waals surface area contributed by atoms with E-state index in [1.165, 1.54) is 22.3 Å². The minimum atomic E-state index is 0.356. The second-order valence-corrected chi connectivity index (χ2v) is 18.6. The van der Waals surface area contributed by atoms with Crippen LogP contribution in [-0.2, 0) is 0 Å². The molecule has 3 aromatic heterocycles. The Balaban J connectivity index is 1.22. The molecule has 0 spiro atoms. The maximum Gasteiger partial charge on any atom is 0.166 e. The molecule has 0 amide bonds. The number of aromatic nitrogens is 7. The van der Waals surface area contributed by atoms with Gasteiger partial charge in [0.05, 0.1) is 33.4 Å². The highest BCUT2D eigenvalue weighted by Gasteiger charge is 2.24. The smallest absolute Gasteiger partial charge is 0.166 e. The number of rotatable bonds is 11. The number of hydrogen-bond donors (Lipinski definition) is 0. The first-order chi connectivity index (χ1) is 32.0. The highest BCUT2D eigenvalue weighted by atomic mass is 15.1. The van der Waals surface area contributed by atoms with Gasteiger partial charge < -0.3 is 0 Å². The van der Waals surface area contributed by atoms with Crippen molar-refractivity contribution in [2.24, 2.45) is 0 Å². The first-order valence-electron chi connectivity index (χ1n) is 23.3. The average molecular weight is 862 g/mol. The van der Waals surface area contributed by atoms with Crippen LogP contribution in [0, 0.1) is 0 Å². The van der Waals surface area contributed by atoms with Gasteiger partial charge in [0.2, 0.25) is 0 Å². The molecule has 0 aliphatic heterocycles. The topological polar surface area (TPSA) is 74.3 Å². The Kier molecular flexibility index (Phi) is 11.2. The van der Waals surface area contributed by atoms with Crippen molar-refractivity contribution in [3.63, 3.8) is 0 Å². The quantitative estimate of drug-likeness (QED) is 0.129. The molecule has 3 heterocycles. The average Bonchev–Trinajstić information content (AvgIpc) is 3.93. The summed E-state index contributed by atoms with van der Waals surface area (Å²) in [6, 6.07) is 57.7. The summed E-state index contributed by atoms with van der Waals surface area (Å²) in [5, 5.41) is 0. The van der Waals surface area contributed by atoms with Crippen LogP contribution in [0.2, 0.25) is 0 Å². The Labute approximate surface area is 388 Å². The third kappa shape index (κ3) is 7.89. The fraction of sp³-hybridized carbons (Fsp3) is 0.203. The lowest BCUT2D eigenvalue weighted by molar-refractivity contribution is 0.833. The van der Waals surface area contributed by atoms with Crippen molar-refractivity contribution >= 4 is 22.1 Å². The van der Waals surface area contributed by atoms with E-state index < -0.39 is 0 Å². The molecule has 0 N–H and O–H groups in total. The second kappa shape index (κ2) is 17.5. The summed E-state index contributed by atoms with van der Waals surface area (Å²) >= 11 is 0. The lowest BCUT2D eigenvalue weighted by Crippen LogP contribution is -2.07. The van der Waals surface area contributed by atoms with Crippen molar-refractivity contribution < 1.29 is 0 Å². The number of hydrogen-bond acceptors (Lipinski definition) is 5. The molecular formula is C59H55N7. The van der Waals surface area contributed by atoms with Gasteiger partial charge in [-0.3, -0.25) is 9.13 Å². The Morgan fingerprint density at radius 3 is 1.08 bits per heavy atom. The molecule has 0 aliphatic carbocycles. The Hall–Kier alpha value is -7.51. The fourth-order valence-corrected chi connectivity index (χ4v) is 8.92. The van der Waals surface area contributed by atoms with Crippen molar-refractivity contribution in [1.82, 2.24) is 34.1 Å².